The molecule has 4 nitrogen and oxygen atoms in total. The second kappa shape index (κ2) is 6.77. The molecule has 1 aliphatic heterocycles. The number of para-hydroxylation sites is 1. The van der Waals surface area contributed by atoms with Crippen LogP contribution in [0, 0.1) is 13.8 Å². The molecule has 0 unspecified atom stereocenters. The summed E-state index contributed by atoms with van der Waals surface area (Å²) < 4.78 is 0. The molecular formula is C21H20N2O2. The Morgan fingerprint density at radius 1 is 1.04 bits per heavy atom. The number of benzene rings is 2. The summed E-state index contributed by atoms with van der Waals surface area (Å²) in [5, 5.41) is 3.13. The minimum absolute atomic E-state index is 0.187. The average Bonchev–Trinajstić information content (AvgIpc) is 2.81. The molecule has 1 N–H and O–H groups in total. The van der Waals surface area contributed by atoms with Crippen LogP contribution in [0.3, 0.4) is 0 Å². The van der Waals surface area contributed by atoms with E-state index in [-0.39, 0.29) is 18.4 Å². The highest BCUT2D eigenvalue weighted by atomic mass is 16.2. The minimum atomic E-state index is -0.330. The molecule has 0 fully saturated rings. The van der Waals surface area contributed by atoms with Crippen LogP contribution in [-0.2, 0) is 9.59 Å². The fraction of sp³-hybridized carbons (Fsp3) is 0.143. The number of nitrogens with zero attached hydrogens (tertiary/aromatic N) is 1. The Morgan fingerprint density at radius 3 is 2.40 bits per heavy atom. The van der Waals surface area contributed by atoms with Crippen LogP contribution in [0.25, 0.3) is 5.57 Å². The number of carbonyl (C=O) groups is 2. The van der Waals surface area contributed by atoms with Crippen molar-refractivity contribution in [3.8, 4) is 0 Å². The van der Waals surface area contributed by atoms with Gasteiger partial charge >= 0.3 is 0 Å². The van der Waals surface area contributed by atoms with Crippen molar-refractivity contribution in [3.63, 3.8) is 0 Å². The standard InChI is InChI=1S/C21H20N2O2/c1-4-12-23-20(24)18(17-11-10-14(2)13-15(17)3)19(21(23)25)22-16-8-6-5-7-9-16/h4-11,13,22H,1,12H2,2-3H3. The Labute approximate surface area is 147 Å². The maximum absolute atomic E-state index is 12.9. The lowest BCUT2D eigenvalue weighted by Crippen LogP contribution is -2.32. The summed E-state index contributed by atoms with van der Waals surface area (Å²) >= 11 is 0. The van der Waals surface area contributed by atoms with Gasteiger partial charge in [0.25, 0.3) is 11.8 Å². The molecule has 0 saturated heterocycles. The molecule has 0 aromatic heterocycles. The van der Waals surface area contributed by atoms with Crippen molar-refractivity contribution in [3.05, 3.63) is 83.6 Å². The predicted octanol–water partition coefficient (Wildman–Crippen LogP) is 3.68. The molecule has 2 amide bonds. The van der Waals surface area contributed by atoms with Crippen molar-refractivity contribution >= 4 is 23.1 Å². The van der Waals surface area contributed by atoms with E-state index in [0.717, 1.165) is 22.4 Å². The van der Waals surface area contributed by atoms with Gasteiger partial charge in [0, 0.05) is 12.2 Å². The molecule has 2 aromatic rings. The maximum atomic E-state index is 12.9. The van der Waals surface area contributed by atoms with E-state index in [1.807, 2.05) is 62.4 Å². The predicted molar refractivity (Wildman–Crippen MR) is 99.8 cm³/mol. The Balaban J connectivity index is 2.13. The largest absolute Gasteiger partial charge is 0.350 e. The molecule has 2 aromatic carbocycles. The van der Waals surface area contributed by atoms with Crippen molar-refractivity contribution in [2.24, 2.45) is 0 Å². The normalized spacial score (nSPS) is 14.2. The maximum Gasteiger partial charge on any atom is 0.278 e. The lowest BCUT2D eigenvalue weighted by Gasteiger charge is -2.12. The Morgan fingerprint density at radius 2 is 1.76 bits per heavy atom. The lowest BCUT2D eigenvalue weighted by atomic mass is 9.97. The zero-order valence-electron chi connectivity index (χ0n) is 14.4. The van der Waals surface area contributed by atoms with Gasteiger partial charge in [0.2, 0.25) is 0 Å². The summed E-state index contributed by atoms with van der Waals surface area (Å²) in [5.41, 5.74) is 4.33. The average molecular weight is 332 g/mol. The van der Waals surface area contributed by atoms with Gasteiger partial charge in [-0.05, 0) is 37.1 Å². The quantitative estimate of drug-likeness (QED) is 0.671. The summed E-state index contributed by atoms with van der Waals surface area (Å²) in [6.07, 6.45) is 1.56. The molecule has 1 aliphatic rings. The van der Waals surface area contributed by atoms with Gasteiger partial charge in [-0.15, -0.1) is 6.58 Å². The van der Waals surface area contributed by atoms with E-state index in [2.05, 4.69) is 11.9 Å². The highest BCUT2D eigenvalue weighted by Crippen LogP contribution is 2.32. The molecule has 25 heavy (non-hydrogen) atoms. The third kappa shape index (κ3) is 3.11. The summed E-state index contributed by atoms with van der Waals surface area (Å²) in [4.78, 5) is 26.9. The molecule has 0 atom stereocenters. The van der Waals surface area contributed by atoms with Crippen LogP contribution in [0.5, 0.6) is 0 Å². The smallest absolute Gasteiger partial charge is 0.278 e. The summed E-state index contributed by atoms with van der Waals surface area (Å²) in [5.74, 6) is -0.626. The van der Waals surface area contributed by atoms with Crippen LogP contribution >= 0.6 is 0 Å². The second-order valence-electron chi connectivity index (χ2n) is 6.07. The molecule has 1 heterocycles. The van der Waals surface area contributed by atoms with E-state index in [4.69, 9.17) is 0 Å². The molecule has 0 radical (unpaired) electrons. The van der Waals surface area contributed by atoms with Gasteiger partial charge in [0.05, 0.1) is 5.57 Å². The van der Waals surface area contributed by atoms with Crippen LogP contribution in [0.1, 0.15) is 16.7 Å². The number of hydrogen-bond acceptors (Lipinski definition) is 3. The molecule has 0 saturated carbocycles. The molecule has 0 spiro atoms. The Hall–Kier alpha value is -3.14. The van der Waals surface area contributed by atoms with Gasteiger partial charge in [0.1, 0.15) is 5.70 Å². The lowest BCUT2D eigenvalue weighted by molar-refractivity contribution is -0.136. The highest BCUT2D eigenvalue weighted by Gasteiger charge is 2.39. The first kappa shape index (κ1) is 16.7. The first-order valence-corrected chi connectivity index (χ1v) is 8.14. The zero-order valence-corrected chi connectivity index (χ0v) is 14.4. The summed E-state index contributed by atoms with van der Waals surface area (Å²) in [6.45, 7) is 7.78. The first-order valence-electron chi connectivity index (χ1n) is 8.14. The minimum Gasteiger partial charge on any atom is -0.350 e. The first-order chi connectivity index (χ1) is 12.0. The number of nitrogens with one attached hydrogen (secondary N) is 1. The van der Waals surface area contributed by atoms with E-state index < -0.39 is 0 Å². The van der Waals surface area contributed by atoms with Crippen LogP contribution in [-0.4, -0.2) is 23.3 Å². The number of anilines is 1. The molecule has 0 bridgehead atoms. The summed E-state index contributed by atoms with van der Waals surface area (Å²) in [6, 6.07) is 15.2. The van der Waals surface area contributed by atoms with Gasteiger partial charge < -0.3 is 5.32 Å². The number of aryl methyl sites for hydroxylation is 2. The summed E-state index contributed by atoms with van der Waals surface area (Å²) in [7, 11) is 0. The monoisotopic (exact) mass is 332 g/mol. The van der Waals surface area contributed by atoms with Crippen molar-refractivity contribution in [1.82, 2.24) is 4.90 Å². The molecule has 4 heteroatoms. The SMILES string of the molecule is C=CCN1C(=O)C(Nc2ccccc2)=C(c2ccc(C)cc2C)C1=O. The van der Waals surface area contributed by atoms with E-state index in [9.17, 15) is 9.59 Å². The number of carbonyl (C=O) groups excluding carboxylic acids is 2. The molecule has 3 rings (SSSR count). The topological polar surface area (TPSA) is 49.4 Å². The van der Waals surface area contributed by atoms with Crippen LogP contribution in [0.15, 0.2) is 66.9 Å². The van der Waals surface area contributed by atoms with Gasteiger partial charge in [0.15, 0.2) is 0 Å². The van der Waals surface area contributed by atoms with Gasteiger partial charge in [-0.3, -0.25) is 14.5 Å². The number of rotatable bonds is 5. The Bertz CT molecular complexity index is 882. The Kier molecular flexibility index (Phi) is 4.52. The van der Waals surface area contributed by atoms with Crippen LogP contribution in [0.4, 0.5) is 5.69 Å². The van der Waals surface area contributed by atoms with E-state index in [1.54, 1.807) is 6.08 Å². The molecular weight excluding hydrogens is 312 g/mol. The zero-order chi connectivity index (χ0) is 18.0. The van der Waals surface area contributed by atoms with E-state index in [0.29, 0.717) is 11.3 Å². The van der Waals surface area contributed by atoms with Crippen molar-refractivity contribution < 1.29 is 9.59 Å². The van der Waals surface area contributed by atoms with Gasteiger partial charge in [-0.1, -0.05) is 48.0 Å². The highest BCUT2D eigenvalue weighted by molar-refractivity contribution is 6.36. The molecule has 0 aliphatic carbocycles. The van der Waals surface area contributed by atoms with E-state index >= 15 is 0 Å². The molecule has 126 valence electrons. The van der Waals surface area contributed by atoms with Crippen LogP contribution < -0.4 is 5.32 Å². The number of hydrogen-bond donors (Lipinski definition) is 1. The van der Waals surface area contributed by atoms with Gasteiger partial charge in [-0.2, -0.15) is 0 Å². The van der Waals surface area contributed by atoms with Crippen LogP contribution in [0.2, 0.25) is 0 Å². The third-order valence-corrected chi connectivity index (χ3v) is 4.17. The van der Waals surface area contributed by atoms with Crippen molar-refractivity contribution in [2.45, 2.75) is 13.8 Å². The van der Waals surface area contributed by atoms with Crippen molar-refractivity contribution in [1.29, 1.82) is 0 Å². The van der Waals surface area contributed by atoms with Gasteiger partial charge in [-0.25, -0.2) is 0 Å². The second-order valence-corrected chi connectivity index (χ2v) is 6.07. The van der Waals surface area contributed by atoms with Crippen molar-refractivity contribution in [2.75, 3.05) is 11.9 Å². The fourth-order valence-electron chi connectivity index (χ4n) is 3.00. The third-order valence-electron chi connectivity index (χ3n) is 4.17. The number of imide groups is 1. The fourth-order valence-corrected chi connectivity index (χ4v) is 3.00. The number of amides is 2. The van der Waals surface area contributed by atoms with E-state index in [1.165, 1.54) is 4.90 Å².